The highest BCUT2D eigenvalue weighted by molar-refractivity contribution is 5.96. The first-order valence-electron chi connectivity index (χ1n) is 7.47. The zero-order chi connectivity index (χ0) is 15.8. The van der Waals surface area contributed by atoms with Gasteiger partial charge in [0, 0.05) is 5.56 Å². The van der Waals surface area contributed by atoms with E-state index >= 15 is 0 Å². The number of carbonyl (C=O) groups is 2. The third-order valence-corrected chi connectivity index (χ3v) is 3.44. The van der Waals surface area contributed by atoms with Gasteiger partial charge in [-0.3, -0.25) is 4.79 Å². The lowest BCUT2D eigenvalue weighted by Crippen LogP contribution is -2.45. The average molecular weight is 291 g/mol. The Bertz CT molecular complexity index is 465. The summed E-state index contributed by atoms with van der Waals surface area (Å²) in [6, 6.07) is 6.91. The molecular weight excluding hydrogens is 266 g/mol. The minimum Gasteiger partial charge on any atom is -0.467 e. The van der Waals surface area contributed by atoms with Gasteiger partial charge in [0.1, 0.15) is 6.04 Å². The summed E-state index contributed by atoms with van der Waals surface area (Å²) >= 11 is 0. The summed E-state index contributed by atoms with van der Waals surface area (Å²) in [5.41, 5.74) is 1.78. The Morgan fingerprint density at radius 1 is 1.19 bits per heavy atom. The zero-order valence-corrected chi connectivity index (χ0v) is 13.3. The van der Waals surface area contributed by atoms with Gasteiger partial charge in [-0.05, 0) is 36.5 Å². The maximum absolute atomic E-state index is 12.2. The second kappa shape index (κ2) is 8.45. The Hall–Kier alpha value is -1.84. The number of hydrogen-bond acceptors (Lipinski definition) is 3. The molecule has 1 rings (SSSR count). The van der Waals surface area contributed by atoms with Crippen molar-refractivity contribution >= 4 is 11.9 Å². The van der Waals surface area contributed by atoms with E-state index in [4.69, 9.17) is 4.74 Å². The lowest BCUT2D eigenvalue weighted by atomic mass is 10.0. The van der Waals surface area contributed by atoms with Crippen molar-refractivity contribution in [1.29, 1.82) is 0 Å². The third kappa shape index (κ3) is 5.21. The topological polar surface area (TPSA) is 55.4 Å². The number of carbonyl (C=O) groups excluding carboxylic acids is 2. The minimum absolute atomic E-state index is 0.0229. The van der Waals surface area contributed by atoms with E-state index in [2.05, 4.69) is 12.2 Å². The van der Waals surface area contributed by atoms with Gasteiger partial charge in [-0.1, -0.05) is 39.3 Å². The van der Waals surface area contributed by atoms with Gasteiger partial charge in [0.15, 0.2) is 0 Å². The Kier molecular flexibility index (Phi) is 6.92. The van der Waals surface area contributed by atoms with Crippen molar-refractivity contribution < 1.29 is 14.3 Å². The quantitative estimate of drug-likeness (QED) is 0.786. The van der Waals surface area contributed by atoms with Crippen LogP contribution in [-0.4, -0.2) is 25.0 Å². The fraction of sp³-hybridized carbons (Fsp3) is 0.529. The highest BCUT2D eigenvalue weighted by atomic mass is 16.5. The van der Waals surface area contributed by atoms with Crippen LogP contribution in [0.1, 0.15) is 49.5 Å². The van der Waals surface area contributed by atoms with Gasteiger partial charge >= 0.3 is 5.97 Å². The molecule has 0 bridgehead atoms. The highest BCUT2D eigenvalue weighted by Crippen LogP contribution is 2.10. The van der Waals surface area contributed by atoms with Gasteiger partial charge in [0.25, 0.3) is 5.91 Å². The van der Waals surface area contributed by atoms with Crippen LogP contribution in [0.25, 0.3) is 0 Å². The first kappa shape index (κ1) is 17.2. The zero-order valence-electron chi connectivity index (χ0n) is 13.3. The van der Waals surface area contributed by atoms with E-state index in [0.29, 0.717) is 5.56 Å². The third-order valence-electron chi connectivity index (χ3n) is 3.44. The number of aryl methyl sites for hydroxylation is 1. The highest BCUT2D eigenvalue weighted by Gasteiger charge is 2.25. The first-order valence-corrected chi connectivity index (χ1v) is 7.47. The number of methoxy groups -OCH3 is 1. The summed E-state index contributed by atoms with van der Waals surface area (Å²) in [7, 11) is 1.33. The smallest absolute Gasteiger partial charge is 0.328 e. The van der Waals surface area contributed by atoms with Gasteiger partial charge in [-0.25, -0.2) is 4.79 Å². The van der Waals surface area contributed by atoms with E-state index in [1.807, 2.05) is 26.0 Å². The van der Waals surface area contributed by atoms with Crippen LogP contribution in [0.15, 0.2) is 24.3 Å². The van der Waals surface area contributed by atoms with Crippen molar-refractivity contribution in [2.75, 3.05) is 7.11 Å². The van der Waals surface area contributed by atoms with Crippen molar-refractivity contribution in [1.82, 2.24) is 5.32 Å². The van der Waals surface area contributed by atoms with Crippen LogP contribution in [0.4, 0.5) is 0 Å². The standard InChI is InChI=1S/C17H25NO3/c1-5-6-7-13-8-10-14(11-9-13)16(19)18-15(12(2)3)17(20)21-4/h8-12,15H,5-7H2,1-4H3,(H,18,19). The Morgan fingerprint density at radius 2 is 1.81 bits per heavy atom. The van der Waals surface area contributed by atoms with Crippen molar-refractivity contribution in [3.63, 3.8) is 0 Å². The molecule has 0 aromatic heterocycles. The Labute approximate surface area is 126 Å². The maximum Gasteiger partial charge on any atom is 0.328 e. The van der Waals surface area contributed by atoms with Gasteiger partial charge in [-0.15, -0.1) is 0 Å². The molecule has 0 fully saturated rings. The molecule has 0 aliphatic rings. The SMILES string of the molecule is CCCCc1ccc(C(=O)NC(C(=O)OC)C(C)C)cc1. The number of amides is 1. The predicted molar refractivity (Wildman–Crippen MR) is 83.2 cm³/mol. The van der Waals surface area contributed by atoms with Crippen molar-refractivity contribution in [3.05, 3.63) is 35.4 Å². The molecule has 0 saturated carbocycles. The second-order valence-electron chi connectivity index (χ2n) is 5.52. The number of hydrogen-bond donors (Lipinski definition) is 1. The number of ether oxygens (including phenoxy) is 1. The van der Waals surface area contributed by atoms with E-state index in [1.165, 1.54) is 12.7 Å². The van der Waals surface area contributed by atoms with Crippen molar-refractivity contribution in [2.24, 2.45) is 5.92 Å². The Balaban J connectivity index is 2.71. The number of unbranched alkanes of at least 4 members (excludes halogenated alkanes) is 1. The fourth-order valence-electron chi connectivity index (χ4n) is 2.05. The molecule has 1 unspecified atom stereocenters. The molecule has 0 spiro atoms. The molecule has 0 radical (unpaired) electrons. The monoisotopic (exact) mass is 291 g/mol. The second-order valence-corrected chi connectivity index (χ2v) is 5.52. The number of nitrogens with one attached hydrogen (secondary N) is 1. The summed E-state index contributed by atoms with van der Waals surface area (Å²) in [5.74, 6) is -0.690. The molecule has 0 saturated heterocycles. The predicted octanol–water partition coefficient (Wildman–Crippen LogP) is 2.96. The van der Waals surface area contributed by atoms with Crippen molar-refractivity contribution in [2.45, 2.75) is 46.1 Å². The van der Waals surface area contributed by atoms with Crippen LogP contribution in [0.5, 0.6) is 0 Å². The van der Waals surface area contributed by atoms with Gasteiger partial charge in [0.2, 0.25) is 0 Å². The summed E-state index contributed by atoms with van der Waals surface area (Å²) in [6.45, 7) is 5.89. The average Bonchev–Trinajstić information content (AvgIpc) is 2.49. The van der Waals surface area contributed by atoms with Crippen LogP contribution in [0, 0.1) is 5.92 Å². The van der Waals surface area contributed by atoms with Crippen LogP contribution in [-0.2, 0) is 16.0 Å². The summed E-state index contributed by atoms with van der Waals surface area (Å²) in [6.07, 6.45) is 3.32. The summed E-state index contributed by atoms with van der Waals surface area (Å²) in [4.78, 5) is 23.8. The van der Waals surface area contributed by atoms with Gasteiger partial charge < -0.3 is 10.1 Å². The van der Waals surface area contributed by atoms with Crippen molar-refractivity contribution in [3.8, 4) is 0 Å². The molecule has 1 aromatic rings. The molecule has 21 heavy (non-hydrogen) atoms. The molecule has 116 valence electrons. The van der Waals surface area contributed by atoms with Gasteiger partial charge in [-0.2, -0.15) is 0 Å². The molecule has 1 N–H and O–H groups in total. The first-order chi connectivity index (χ1) is 9.99. The fourth-order valence-corrected chi connectivity index (χ4v) is 2.05. The summed E-state index contributed by atoms with van der Waals surface area (Å²) < 4.78 is 4.72. The number of rotatable bonds is 7. The molecule has 0 aliphatic heterocycles. The van der Waals surface area contributed by atoms with E-state index in [0.717, 1.165) is 19.3 Å². The lowest BCUT2D eigenvalue weighted by molar-refractivity contribution is -0.144. The maximum atomic E-state index is 12.2. The lowest BCUT2D eigenvalue weighted by Gasteiger charge is -2.19. The molecule has 1 atom stereocenters. The van der Waals surface area contributed by atoms with Crippen LogP contribution in [0.2, 0.25) is 0 Å². The summed E-state index contributed by atoms with van der Waals surface area (Å²) in [5, 5.41) is 2.73. The molecule has 1 aromatic carbocycles. The molecule has 4 nitrogen and oxygen atoms in total. The molecule has 1 amide bonds. The molecule has 4 heteroatoms. The van der Waals surface area contributed by atoms with E-state index in [1.54, 1.807) is 12.1 Å². The number of benzene rings is 1. The minimum atomic E-state index is -0.623. The normalized spacial score (nSPS) is 12.0. The Morgan fingerprint density at radius 3 is 2.29 bits per heavy atom. The van der Waals surface area contributed by atoms with Crippen LogP contribution >= 0.6 is 0 Å². The molecular formula is C17H25NO3. The van der Waals surface area contributed by atoms with E-state index in [9.17, 15) is 9.59 Å². The van der Waals surface area contributed by atoms with E-state index < -0.39 is 12.0 Å². The molecule has 0 heterocycles. The number of esters is 1. The van der Waals surface area contributed by atoms with Crippen LogP contribution in [0.3, 0.4) is 0 Å². The van der Waals surface area contributed by atoms with E-state index in [-0.39, 0.29) is 11.8 Å². The van der Waals surface area contributed by atoms with Gasteiger partial charge in [0.05, 0.1) is 7.11 Å². The van der Waals surface area contributed by atoms with Crippen LogP contribution < -0.4 is 5.32 Å². The molecule has 0 aliphatic carbocycles. The largest absolute Gasteiger partial charge is 0.467 e.